The number of benzene rings is 1. The molecule has 1 aliphatic carbocycles. The molecule has 0 spiro atoms. The molecule has 162 valence electrons. The van der Waals surface area contributed by atoms with Crippen LogP contribution in [0.1, 0.15) is 44.6 Å². The first-order valence-corrected chi connectivity index (χ1v) is 11.7. The molecular formula is C24H25NO5S. The Bertz CT molecular complexity index is 1160. The van der Waals surface area contributed by atoms with Gasteiger partial charge < -0.3 is 14.5 Å². The molecule has 0 saturated heterocycles. The number of ether oxygens (including phenoxy) is 1. The molecule has 1 atom stereocenters. The molecule has 1 aromatic heterocycles. The monoisotopic (exact) mass is 439 g/mol. The smallest absolute Gasteiger partial charge is 0.336 e. The number of nitrogens with one attached hydrogen (secondary N) is 1. The highest BCUT2D eigenvalue weighted by Crippen LogP contribution is 2.41. The van der Waals surface area contributed by atoms with Crippen LogP contribution in [-0.2, 0) is 14.3 Å². The summed E-state index contributed by atoms with van der Waals surface area (Å²) in [5, 5.41) is 3.66. The number of ketones is 1. The van der Waals surface area contributed by atoms with Gasteiger partial charge >= 0.3 is 5.97 Å². The van der Waals surface area contributed by atoms with Crippen molar-refractivity contribution in [1.82, 2.24) is 5.32 Å². The van der Waals surface area contributed by atoms with Crippen molar-refractivity contribution in [2.75, 3.05) is 18.1 Å². The average molecular weight is 440 g/mol. The van der Waals surface area contributed by atoms with Crippen LogP contribution in [0.4, 0.5) is 0 Å². The van der Waals surface area contributed by atoms with Gasteiger partial charge in [0.05, 0.1) is 23.1 Å². The predicted molar refractivity (Wildman–Crippen MR) is 121 cm³/mol. The Kier molecular flexibility index (Phi) is 6.32. The summed E-state index contributed by atoms with van der Waals surface area (Å²) >= 11 is 1.68. The molecule has 2 aliphatic rings. The van der Waals surface area contributed by atoms with E-state index >= 15 is 0 Å². The normalized spacial score (nSPS) is 18.8. The number of hydrogen-bond donors (Lipinski definition) is 1. The summed E-state index contributed by atoms with van der Waals surface area (Å²) in [6.07, 6.45) is 3.22. The van der Waals surface area contributed by atoms with E-state index in [1.165, 1.54) is 6.26 Å². The van der Waals surface area contributed by atoms with Gasteiger partial charge in [0, 0.05) is 34.7 Å². The van der Waals surface area contributed by atoms with E-state index in [1.807, 2.05) is 6.92 Å². The van der Waals surface area contributed by atoms with Crippen LogP contribution in [0, 0.1) is 0 Å². The highest BCUT2D eigenvalue weighted by molar-refractivity contribution is 7.99. The van der Waals surface area contributed by atoms with Crippen molar-refractivity contribution >= 4 is 34.5 Å². The third kappa shape index (κ3) is 4.06. The summed E-state index contributed by atoms with van der Waals surface area (Å²) in [6, 6.07) is 6.98. The third-order valence-electron chi connectivity index (χ3n) is 5.68. The number of thioether (sulfide) groups is 1. The van der Waals surface area contributed by atoms with E-state index < -0.39 is 11.9 Å². The summed E-state index contributed by atoms with van der Waals surface area (Å²) in [4.78, 5) is 39.5. The molecule has 0 amide bonds. The van der Waals surface area contributed by atoms with Crippen molar-refractivity contribution in [1.29, 1.82) is 0 Å². The Hall–Kier alpha value is -2.80. The number of carbonyl (C=O) groups is 2. The van der Waals surface area contributed by atoms with Gasteiger partial charge in [-0.15, -0.1) is 0 Å². The van der Waals surface area contributed by atoms with Gasteiger partial charge in [0.15, 0.2) is 11.2 Å². The highest BCUT2D eigenvalue weighted by Gasteiger charge is 2.40. The molecule has 0 unspecified atom stereocenters. The Labute approximate surface area is 184 Å². The van der Waals surface area contributed by atoms with E-state index in [2.05, 4.69) is 5.32 Å². The molecule has 7 heteroatoms. The van der Waals surface area contributed by atoms with Gasteiger partial charge in [-0.1, -0.05) is 19.1 Å². The van der Waals surface area contributed by atoms with Crippen LogP contribution < -0.4 is 10.7 Å². The standard InChI is InChI=1S/C24H25NO5S/c1-3-31-12-11-29-24(28)20-14(2)25-17-8-6-9-18(26)22(17)21(20)16-13-30-19-10-5-4-7-15(19)23(16)27/h4-5,7,10,13,21,25H,3,6,8-9,11-12H2,1-2H3/t21-/m0/s1. The van der Waals surface area contributed by atoms with Gasteiger partial charge in [-0.3, -0.25) is 9.59 Å². The molecule has 1 N–H and O–H groups in total. The van der Waals surface area contributed by atoms with Crippen LogP contribution in [0.5, 0.6) is 0 Å². The Morgan fingerprint density at radius 3 is 2.87 bits per heavy atom. The number of rotatable bonds is 6. The molecular weight excluding hydrogens is 414 g/mol. The molecule has 0 radical (unpaired) electrons. The molecule has 1 aromatic carbocycles. The SMILES string of the molecule is CCSCCOC(=O)C1=C(C)NC2=C(C(=O)CCC2)[C@H]1c1coc2ccccc2c1=O. The molecule has 31 heavy (non-hydrogen) atoms. The summed E-state index contributed by atoms with van der Waals surface area (Å²) in [7, 11) is 0. The number of fused-ring (bicyclic) bond motifs is 1. The van der Waals surface area contributed by atoms with Gasteiger partial charge in [-0.25, -0.2) is 4.79 Å². The zero-order valence-corrected chi connectivity index (χ0v) is 18.5. The van der Waals surface area contributed by atoms with E-state index in [1.54, 1.807) is 43.0 Å². The predicted octanol–water partition coefficient (Wildman–Crippen LogP) is 4.06. The second-order valence-electron chi connectivity index (χ2n) is 7.61. The van der Waals surface area contributed by atoms with Crippen LogP contribution in [0.2, 0.25) is 0 Å². The van der Waals surface area contributed by atoms with Crippen molar-refractivity contribution < 1.29 is 18.7 Å². The molecule has 1 aliphatic heterocycles. The quantitative estimate of drug-likeness (QED) is 0.537. The van der Waals surface area contributed by atoms with E-state index in [0.29, 0.717) is 46.4 Å². The molecule has 0 bridgehead atoms. The minimum Gasteiger partial charge on any atom is -0.464 e. The lowest BCUT2D eigenvalue weighted by Crippen LogP contribution is -2.36. The molecule has 4 rings (SSSR count). The summed E-state index contributed by atoms with van der Waals surface area (Å²) in [5.41, 5.74) is 2.70. The van der Waals surface area contributed by atoms with Crippen LogP contribution >= 0.6 is 11.8 Å². The molecule has 6 nitrogen and oxygen atoms in total. The number of para-hydroxylation sites is 1. The van der Waals surface area contributed by atoms with Crippen molar-refractivity contribution in [3.63, 3.8) is 0 Å². The van der Waals surface area contributed by atoms with E-state index in [4.69, 9.17) is 9.15 Å². The van der Waals surface area contributed by atoms with E-state index in [9.17, 15) is 14.4 Å². The highest BCUT2D eigenvalue weighted by atomic mass is 32.2. The van der Waals surface area contributed by atoms with Crippen molar-refractivity contribution in [3.8, 4) is 0 Å². The minimum absolute atomic E-state index is 0.0503. The van der Waals surface area contributed by atoms with Crippen LogP contribution in [0.3, 0.4) is 0 Å². The lowest BCUT2D eigenvalue weighted by atomic mass is 9.75. The number of hydrogen-bond acceptors (Lipinski definition) is 7. The van der Waals surface area contributed by atoms with Crippen LogP contribution in [0.15, 0.2) is 62.3 Å². The number of Topliss-reactive ketones (excluding diaryl/α,β-unsaturated/α-hetero) is 1. The molecule has 0 saturated carbocycles. The summed E-state index contributed by atoms with van der Waals surface area (Å²) in [6.45, 7) is 4.10. The van der Waals surface area contributed by atoms with Gasteiger partial charge in [0.1, 0.15) is 12.2 Å². The maximum atomic E-state index is 13.4. The van der Waals surface area contributed by atoms with E-state index in [-0.39, 0.29) is 23.4 Å². The summed E-state index contributed by atoms with van der Waals surface area (Å²) < 4.78 is 11.3. The number of esters is 1. The number of dihydropyridines is 1. The Morgan fingerprint density at radius 1 is 1.26 bits per heavy atom. The Morgan fingerprint density at radius 2 is 2.06 bits per heavy atom. The average Bonchev–Trinajstić information content (AvgIpc) is 2.76. The fourth-order valence-electron chi connectivity index (χ4n) is 4.27. The zero-order valence-electron chi connectivity index (χ0n) is 17.7. The van der Waals surface area contributed by atoms with Gasteiger partial charge in [-0.2, -0.15) is 11.8 Å². The Balaban J connectivity index is 1.83. The maximum Gasteiger partial charge on any atom is 0.336 e. The second kappa shape index (κ2) is 9.14. The first kappa shape index (κ1) is 21.4. The molecule has 2 heterocycles. The van der Waals surface area contributed by atoms with Crippen molar-refractivity contribution in [3.05, 3.63) is 68.9 Å². The fourth-order valence-corrected chi connectivity index (χ4v) is 4.76. The maximum absolute atomic E-state index is 13.4. The van der Waals surface area contributed by atoms with Crippen molar-refractivity contribution in [2.45, 2.75) is 39.0 Å². The van der Waals surface area contributed by atoms with Crippen LogP contribution in [-0.4, -0.2) is 29.9 Å². The zero-order chi connectivity index (χ0) is 22.0. The number of allylic oxidation sites excluding steroid dienone is 3. The van der Waals surface area contributed by atoms with Gasteiger partial charge in [-0.05, 0) is 37.7 Å². The second-order valence-corrected chi connectivity index (χ2v) is 9.01. The molecule has 0 fully saturated rings. The minimum atomic E-state index is -0.795. The first-order chi connectivity index (χ1) is 15.0. The lowest BCUT2D eigenvalue weighted by molar-refractivity contribution is -0.138. The lowest BCUT2D eigenvalue weighted by Gasteiger charge is -2.33. The summed E-state index contributed by atoms with van der Waals surface area (Å²) in [5.74, 6) is 0.273. The van der Waals surface area contributed by atoms with E-state index in [0.717, 1.165) is 17.9 Å². The largest absolute Gasteiger partial charge is 0.464 e. The van der Waals surface area contributed by atoms with Gasteiger partial charge in [0.25, 0.3) is 0 Å². The first-order valence-electron chi connectivity index (χ1n) is 10.5. The topological polar surface area (TPSA) is 85.6 Å². The number of carbonyl (C=O) groups excluding carboxylic acids is 2. The molecule has 2 aromatic rings. The van der Waals surface area contributed by atoms with Crippen molar-refractivity contribution in [2.24, 2.45) is 0 Å². The van der Waals surface area contributed by atoms with Gasteiger partial charge in [0.2, 0.25) is 0 Å². The third-order valence-corrected chi connectivity index (χ3v) is 6.54. The fraction of sp³-hybridized carbons (Fsp3) is 0.375. The van der Waals surface area contributed by atoms with Crippen LogP contribution in [0.25, 0.3) is 11.0 Å².